The van der Waals surface area contributed by atoms with Gasteiger partial charge in [0.05, 0.1) is 11.9 Å². The molecule has 0 unspecified atom stereocenters. The lowest BCUT2D eigenvalue weighted by Gasteiger charge is -2.19. The fraction of sp³-hybridized carbons (Fsp3) is 0.727. The van der Waals surface area contributed by atoms with Gasteiger partial charge in [-0.3, -0.25) is 4.68 Å². The fourth-order valence-corrected chi connectivity index (χ4v) is 1.88. The van der Waals surface area contributed by atoms with Crippen LogP contribution >= 0.6 is 0 Å². The van der Waals surface area contributed by atoms with Gasteiger partial charge in [-0.15, -0.1) is 0 Å². The monoisotopic (exact) mass is 208 g/mol. The van der Waals surface area contributed by atoms with Crippen LogP contribution in [0.4, 0.5) is 5.69 Å². The third-order valence-corrected chi connectivity index (χ3v) is 2.82. The molecule has 1 aliphatic rings. The highest BCUT2D eigenvalue weighted by Crippen LogP contribution is 2.16. The van der Waals surface area contributed by atoms with E-state index in [0.717, 1.165) is 26.2 Å². The Morgan fingerprint density at radius 2 is 2.20 bits per heavy atom. The molecule has 0 aliphatic carbocycles. The van der Waals surface area contributed by atoms with Crippen molar-refractivity contribution in [1.29, 1.82) is 0 Å². The van der Waals surface area contributed by atoms with Crippen molar-refractivity contribution in [3.63, 3.8) is 0 Å². The molecule has 2 rings (SSSR count). The number of nitrogens with one attached hydrogen (secondary N) is 1. The Labute approximate surface area is 91.3 Å². The largest absolute Gasteiger partial charge is 0.368 e. The summed E-state index contributed by atoms with van der Waals surface area (Å²) in [4.78, 5) is 2.41. The molecular weight excluding hydrogens is 188 g/mol. The quantitative estimate of drug-likeness (QED) is 0.794. The predicted molar refractivity (Wildman–Crippen MR) is 62.3 cm³/mol. The first-order valence-corrected chi connectivity index (χ1v) is 5.77. The lowest BCUT2D eigenvalue weighted by atomic mass is 10.3. The summed E-state index contributed by atoms with van der Waals surface area (Å²) in [6.45, 7) is 8.74. The van der Waals surface area contributed by atoms with E-state index in [-0.39, 0.29) is 0 Å². The first-order valence-electron chi connectivity index (χ1n) is 5.77. The minimum atomic E-state index is 0.448. The van der Waals surface area contributed by atoms with Crippen molar-refractivity contribution in [2.75, 3.05) is 31.1 Å². The molecule has 0 radical (unpaired) electrons. The maximum absolute atomic E-state index is 4.38. The van der Waals surface area contributed by atoms with E-state index in [0.29, 0.717) is 6.04 Å². The number of rotatable bonds is 2. The van der Waals surface area contributed by atoms with Crippen molar-refractivity contribution in [1.82, 2.24) is 15.1 Å². The fourth-order valence-electron chi connectivity index (χ4n) is 1.88. The van der Waals surface area contributed by atoms with Crippen LogP contribution in [0.5, 0.6) is 0 Å². The number of aromatic nitrogens is 2. The summed E-state index contributed by atoms with van der Waals surface area (Å²) in [6, 6.07) is 0.448. The Kier molecular flexibility index (Phi) is 3.26. The Balaban J connectivity index is 2.06. The highest BCUT2D eigenvalue weighted by Gasteiger charge is 2.11. The second-order valence-corrected chi connectivity index (χ2v) is 4.36. The number of hydrogen-bond donors (Lipinski definition) is 1. The van der Waals surface area contributed by atoms with E-state index in [9.17, 15) is 0 Å². The summed E-state index contributed by atoms with van der Waals surface area (Å²) in [5.74, 6) is 0. The lowest BCUT2D eigenvalue weighted by Crippen LogP contribution is -2.27. The van der Waals surface area contributed by atoms with Gasteiger partial charge in [-0.2, -0.15) is 5.10 Å². The third kappa shape index (κ3) is 2.50. The van der Waals surface area contributed by atoms with Gasteiger partial charge in [0.25, 0.3) is 0 Å². The summed E-state index contributed by atoms with van der Waals surface area (Å²) in [7, 11) is 0. The van der Waals surface area contributed by atoms with Crippen LogP contribution in [0.1, 0.15) is 26.3 Å². The third-order valence-electron chi connectivity index (χ3n) is 2.82. The van der Waals surface area contributed by atoms with Gasteiger partial charge in [0, 0.05) is 31.9 Å². The Hall–Kier alpha value is -1.03. The van der Waals surface area contributed by atoms with Crippen molar-refractivity contribution in [2.45, 2.75) is 26.3 Å². The van der Waals surface area contributed by atoms with Gasteiger partial charge in [0.1, 0.15) is 0 Å². The highest BCUT2D eigenvalue weighted by atomic mass is 15.3. The van der Waals surface area contributed by atoms with Crippen LogP contribution in [-0.4, -0.2) is 36.0 Å². The van der Waals surface area contributed by atoms with Crippen molar-refractivity contribution in [2.24, 2.45) is 0 Å². The minimum Gasteiger partial charge on any atom is -0.368 e. The molecule has 1 aromatic rings. The van der Waals surface area contributed by atoms with Crippen molar-refractivity contribution in [3.05, 3.63) is 12.4 Å². The molecule has 0 atom stereocenters. The lowest BCUT2D eigenvalue weighted by molar-refractivity contribution is 0.532. The molecule has 15 heavy (non-hydrogen) atoms. The van der Waals surface area contributed by atoms with E-state index in [1.807, 2.05) is 10.9 Å². The van der Waals surface area contributed by atoms with E-state index >= 15 is 0 Å². The second-order valence-electron chi connectivity index (χ2n) is 4.36. The molecule has 1 aliphatic heterocycles. The van der Waals surface area contributed by atoms with Gasteiger partial charge in [-0.25, -0.2) is 0 Å². The van der Waals surface area contributed by atoms with Crippen LogP contribution in [0.3, 0.4) is 0 Å². The van der Waals surface area contributed by atoms with Gasteiger partial charge in [-0.1, -0.05) is 0 Å². The first kappa shape index (κ1) is 10.5. The summed E-state index contributed by atoms with van der Waals surface area (Å²) in [5.41, 5.74) is 1.26. The molecule has 1 fully saturated rings. The molecule has 1 N–H and O–H groups in total. The minimum absolute atomic E-state index is 0.448. The van der Waals surface area contributed by atoms with Gasteiger partial charge in [0.2, 0.25) is 0 Å². The Morgan fingerprint density at radius 1 is 1.33 bits per heavy atom. The van der Waals surface area contributed by atoms with Gasteiger partial charge >= 0.3 is 0 Å². The van der Waals surface area contributed by atoms with Crippen LogP contribution in [-0.2, 0) is 0 Å². The van der Waals surface area contributed by atoms with E-state index in [4.69, 9.17) is 0 Å². The normalized spacial score (nSPS) is 18.2. The molecule has 0 amide bonds. The predicted octanol–water partition coefficient (Wildman–Crippen LogP) is 1.26. The van der Waals surface area contributed by atoms with Crippen LogP contribution in [0.2, 0.25) is 0 Å². The average Bonchev–Trinajstić information content (AvgIpc) is 2.55. The highest BCUT2D eigenvalue weighted by molar-refractivity contribution is 5.42. The molecule has 0 bridgehead atoms. The number of anilines is 1. The molecule has 0 aromatic carbocycles. The zero-order chi connectivity index (χ0) is 10.7. The van der Waals surface area contributed by atoms with E-state index in [1.165, 1.54) is 12.1 Å². The topological polar surface area (TPSA) is 33.1 Å². The van der Waals surface area contributed by atoms with Crippen LogP contribution in [0.25, 0.3) is 0 Å². The Morgan fingerprint density at radius 3 is 2.93 bits per heavy atom. The summed E-state index contributed by atoms with van der Waals surface area (Å²) in [5, 5.41) is 7.78. The molecule has 84 valence electrons. The molecule has 1 saturated heterocycles. The van der Waals surface area contributed by atoms with Crippen LogP contribution in [0.15, 0.2) is 12.4 Å². The average molecular weight is 208 g/mol. The van der Waals surface area contributed by atoms with Crippen molar-refractivity contribution >= 4 is 5.69 Å². The van der Waals surface area contributed by atoms with Crippen LogP contribution in [0, 0.1) is 0 Å². The summed E-state index contributed by atoms with van der Waals surface area (Å²) < 4.78 is 2.02. The zero-order valence-corrected chi connectivity index (χ0v) is 9.61. The molecule has 0 spiro atoms. The SMILES string of the molecule is CC(C)n1cc(N2CCCNCC2)cn1. The van der Waals surface area contributed by atoms with Crippen molar-refractivity contribution in [3.8, 4) is 0 Å². The zero-order valence-electron chi connectivity index (χ0n) is 9.61. The van der Waals surface area contributed by atoms with E-state index < -0.39 is 0 Å². The summed E-state index contributed by atoms with van der Waals surface area (Å²) in [6.07, 6.45) is 5.34. The van der Waals surface area contributed by atoms with E-state index in [2.05, 4.69) is 35.4 Å². The Bertz CT molecular complexity index is 297. The van der Waals surface area contributed by atoms with E-state index in [1.54, 1.807) is 0 Å². The number of hydrogen-bond acceptors (Lipinski definition) is 3. The molecule has 2 heterocycles. The van der Waals surface area contributed by atoms with Gasteiger partial charge in [0.15, 0.2) is 0 Å². The van der Waals surface area contributed by atoms with Gasteiger partial charge in [-0.05, 0) is 26.8 Å². The molecule has 1 aromatic heterocycles. The standard InChI is InChI=1S/C11H20N4/c1-10(2)15-9-11(8-13-15)14-6-3-4-12-5-7-14/h8-10,12H,3-7H2,1-2H3. The smallest absolute Gasteiger partial charge is 0.0753 e. The maximum atomic E-state index is 4.38. The van der Waals surface area contributed by atoms with Crippen LogP contribution < -0.4 is 10.2 Å². The molecule has 4 heteroatoms. The molecule has 0 saturated carbocycles. The molecular formula is C11H20N4. The molecule has 4 nitrogen and oxygen atoms in total. The van der Waals surface area contributed by atoms with Gasteiger partial charge < -0.3 is 10.2 Å². The van der Waals surface area contributed by atoms with Crippen molar-refractivity contribution < 1.29 is 0 Å². The first-order chi connectivity index (χ1) is 7.27. The maximum Gasteiger partial charge on any atom is 0.0753 e. The second kappa shape index (κ2) is 4.66. The number of nitrogens with zero attached hydrogens (tertiary/aromatic N) is 3. The summed E-state index contributed by atoms with van der Waals surface area (Å²) >= 11 is 0.